The van der Waals surface area contributed by atoms with Gasteiger partial charge in [0.25, 0.3) is 0 Å². The number of aromatic nitrogens is 1. The smallest absolute Gasteiger partial charge is 0.341 e. The van der Waals surface area contributed by atoms with Crippen LogP contribution in [-0.4, -0.2) is 59.3 Å². The third kappa shape index (κ3) is 3.98. The predicted molar refractivity (Wildman–Crippen MR) is 129 cm³/mol. The van der Waals surface area contributed by atoms with Crippen LogP contribution in [0.3, 0.4) is 0 Å². The van der Waals surface area contributed by atoms with Crippen LogP contribution in [0.4, 0.5) is 14.5 Å². The van der Waals surface area contributed by atoms with Gasteiger partial charge < -0.3 is 24.2 Å². The third-order valence-corrected chi connectivity index (χ3v) is 6.69. The Bertz CT molecular complexity index is 1470. The second-order valence-electron chi connectivity index (χ2n) is 8.66. The Morgan fingerprint density at radius 1 is 1.03 bits per heavy atom. The number of hydrogen-bond acceptors (Lipinski definition) is 6. The molecule has 0 aliphatic carbocycles. The van der Waals surface area contributed by atoms with Gasteiger partial charge in [0.2, 0.25) is 5.43 Å². The number of aromatic carboxylic acids is 1. The van der Waals surface area contributed by atoms with Crippen LogP contribution in [0.1, 0.15) is 22.8 Å². The number of ether oxygens (including phenoxy) is 1. The number of pyridine rings is 1. The van der Waals surface area contributed by atoms with E-state index in [9.17, 15) is 23.9 Å². The first-order valence-corrected chi connectivity index (χ1v) is 11.5. The normalized spacial score (nSPS) is 16.1. The van der Waals surface area contributed by atoms with Crippen molar-refractivity contribution in [3.8, 4) is 0 Å². The molecule has 0 unspecified atom stereocenters. The number of cyclic esters (lactones) is 1. The number of aryl methyl sites for hydroxylation is 1. The van der Waals surface area contributed by atoms with E-state index >= 15 is 4.39 Å². The minimum Gasteiger partial charge on any atom is -0.477 e. The largest absolute Gasteiger partial charge is 0.477 e. The number of carbonyl (C=O) groups is 2. The lowest BCUT2D eigenvalue weighted by Gasteiger charge is -2.38. The Kier molecular flexibility index (Phi) is 5.95. The molecule has 1 aromatic heterocycles. The molecule has 0 amide bonds. The first-order valence-electron chi connectivity index (χ1n) is 11.5. The highest BCUT2D eigenvalue weighted by Crippen LogP contribution is 2.31. The molecule has 36 heavy (non-hydrogen) atoms. The lowest BCUT2D eigenvalue weighted by molar-refractivity contribution is -0.134. The molecule has 2 aliphatic rings. The quantitative estimate of drug-likeness (QED) is 0.544. The highest BCUT2D eigenvalue weighted by Gasteiger charge is 2.32. The maximum Gasteiger partial charge on any atom is 0.341 e. The molecule has 186 valence electrons. The summed E-state index contributed by atoms with van der Waals surface area (Å²) in [7, 11) is 0. The van der Waals surface area contributed by atoms with Gasteiger partial charge in [0.1, 0.15) is 23.8 Å². The van der Waals surface area contributed by atoms with Crippen molar-refractivity contribution in [3.63, 3.8) is 0 Å². The van der Waals surface area contributed by atoms with E-state index in [1.54, 1.807) is 22.8 Å². The highest BCUT2D eigenvalue weighted by molar-refractivity contribution is 6.19. The Morgan fingerprint density at radius 2 is 1.69 bits per heavy atom. The molecule has 0 atom stereocenters. The molecule has 1 saturated heterocycles. The van der Waals surface area contributed by atoms with Crippen molar-refractivity contribution in [2.75, 3.05) is 37.7 Å². The summed E-state index contributed by atoms with van der Waals surface area (Å²) in [6, 6.07) is 8.36. The minimum atomic E-state index is -1.35. The van der Waals surface area contributed by atoms with Crippen LogP contribution < -0.4 is 10.3 Å². The topological polar surface area (TPSA) is 92.1 Å². The number of carboxylic acid groups (broad SMARTS) is 1. The lowest BCUT2D eigenvalue weighted by atomic mass is 10.0. The molecule has 2 aliphatic heterocycles. The number of hydrogen-bond donors (Lipinski definition) is 1. The van der Waals surface area contributed by atoms with Crippen LogP contribution in [0, 0.1) is 11.6 Å². The Balaban J connectivity index is 1.44. The van der Waals surface area contributed by atoms with Crippen LogP contribution in [0.25, 0.3) is 16.5 Å². The van der Waals surface area contributed by atoms with Crippen LogP contribution in [0.5, 0.6) is 0 Å². The molecule has 5 rings (SSSR count). The van der Waals surface area contributed by atoms with Gasteiger partial charge in [0.15, 0.2) is 0 Å². The molecule has 1 fully saturated rings. The molecule has 2 aromatic carbocycles. The first-order chi connectivity index (χ1) is 17.3. The molecule has 3 heterocycles. The van der Waals surface area contributed by atoms with Crippen molar-refractivity contribution < 1.29 is 28.2 Å². The molecular formula is C26H23F2N3O5. The number of benzene rings is 2. The predicted octanol–water partition coefficient (Wildman–Crippen LogP) is 3.09. The van der Waals surface area contributed by atoms with Gasteiger partial charge in [-0.2, -0.15) is 0 Å². The van der Waals surface area contributed by atoms with Crippen molar-refractivity contribution >= 4 is 34.1 Å². The van der Waals surface area contributed by atoms with Crippen molar-refractivity contribution in [1.29, 1.82) is 0 Å². The number of fused-ring (bicyclic) bond motifs is 1. The van der Waals surface area contributed by atoms with Crippen molar-refractivity contribution in [3.05, 3.63) is 81.3 Å². The average Bonchev–Trinajstić information content (AvgIpc) is 3.26. The molecule has 8 nitrogen and oxygen atoms in total. The van der Waals surface area contributed by atoms with Crippen LogP contribution >= 0.6 is 0 Å². The van der Waals surface area contributed by atoms with Gasteiger partial charge in [-0.3, -0.25) is 4.79 Å². The van der Waals surface area contributed by atoms with Gasteiger partial charge in [-0.1, -0.05) is 12.1 Å². The van der Waals surface area contributed by atoms with Crippen LogP contribution in [0.15, 0.2) is 53.1 Å². The van der Waals surface area contributed by atoms with Crippen LogP contribution in [-0.2, 0) is 16.1 Å². The summed E-state index contributed by atoms with van der Waals surface area (Å²) >= 11 is 0. The summed E-state index contributed by atoms with van der Waals surface area (Å²) in [6.45, 7) is 4.21. The van der Waals surface area contributed by atoms with Gasteiger partial charge in [-0.05, 0) is 36.8 Å². The van der Waals surface area contributed by atoms with E-state index in [1.165, 1.54) is 18.3 Å². The van der Waals surface area contributed by atoms with E-state index in [0.29, 0.717) is 60.8 Å². The van der Waals surface area contributed by atoms with E-state index in [4.69, 9.17) is 4.74 Å². The third-order valence-electron chi connectivity index (χ3n) is 6.69. The molecule has 10 heteroatoms. The summed E-state index contributed by atoms with van der Waals surface area (Å²) in [4.78, 5) is 40.3. The molecule has 0 radical (unpaired) electrons. The number of rotatable bonds is 5. The monoisotopic (exact) mass is 495 g/mol. The number of carboxylic acids is 1. The van der Waals surface area contributed by atoms with Gasteiger partial charge in [-0.25, -0.2) is 18.4 Å². The average molecular weight is 495 g/mol. The fourth-order valence-electron chi connectivity index (χ4n) is 4.82. The molecule has 0 spiro atoms. The van der Waals surface area contributed by atoms with E-state index in [1.807, 2.05) is 16.7 Å². The number of esters is 1. The fraction of sp³-hybridized carbons (Fsp3) is 0.269. The number of halogens is 2. The molecule has 0 bridgehead atoms. The maximum atomic E-state index is 15.2. The zero-order valence-electron chi connectivity index (χ0n) is 19.5. The summed E-state index contributed by atoms with van der Waals surface area (Å²) in [5.74, 6) is -2.82. The molecular weight excluding hydrogens is 472 g/mol. The zero-order chi connectivity index (χ0) is 25.6. The van der Waals surface area contributed by atoms with Gasteiger partial charge in [0, 0.05) is 44.3 Å². The zero-order valence-corrected chi connectivity index (χ0v) is 19.5. The number of nitrogens with zero attached hydrogens (tertiary/aromatic N) is 3. The summed E-state index contributed by atoms with van der Waals surface area (Å²) < 4.78 is 35.4. The number of carbonyl (C=O) groups excluding carboxylic acids is 1. The summed E-state index contributed by atoms with van der Waals surface area (Å²) in [6.07, 6.45) is 1.28. The van der Waals surface area contributed by atoms with Crippen molar-refractivity contribution in [1.82, 2.24) is 9.47 Å². The van der Waals surface area contributed by atoms with Crippen molar-refractivity contribution in [2.45, 2.75) is 13.5 Å². The Morgan fingerprint density at radius 3 is 2.33 bits per heavy atom. The standard InChI is InChI=1S/C26H23F2N3O5/c1-2-29-13-18(25(33)34)24(32)17-11-19(28)21(12-20(17)29)30-7-9-31(10-8-30)22-14-36-26(35)23(22)15-3-5-16(27)6-4-15/h3-6,11-13H,2,7-10,14H2,1H3,(H,33,34). The molecule has 0 saturated carbocycles. The van der Waals surface area contributed by atoms with Gasteiger partial charge in [0.05, 0.1) is 22.5 Å². The SMILES string of the molecule is CCn1cc(C(=O)O)c(=O)c2cc(F)c(N3CCN(C4=C(c5ccc(F)cc5)C(=O)OC4)CC3)cc21. The van der Waals surface area contributed by atoms with Crippen molar-refractivity contribution in [2.24, 2.45) is 0 Å². The second-order valence-corrected chi connectivity index (χ2v) is 8.66. The van der Waals surface area contributed by atoms with Gasteiger partial charge >= 0.3 is 11.9 Å². The Labute approximate surface area is 204 Å². The Hall–Kier alpha value is -4.21. The summed E-state index contributed by atoms with van der Waals surface area (Å²) in [5, 5.41) is 9.36. The first kappa shape index (κ1) is 23.5. The molecule has 3 aromatic rings. The maximum absolute atomic E-state index is 15.2. The van der Waals surface area contributed by atoms with Crippen LogP contribution in [0.2, 0.25) is 0 Å². The fourth-order valence-corrected chi connectivity index (χ4v) is 4.82. The minimum absolute atomic E-state index is 0.0207. The number of anilines is 1. The highest BCUT2D eigenvalue weighted by atomic mass is 19.1. The van der Waals surface area contributed by atoms with E-state index in [-0.39, 0.29) is 12.0 Å². The summed E-state index contributed by atoms with van der Waals surface area (Å²) in [5.41, 5.74) is 1.36. The number of piperazine rings is 1. The van der Waals surface area contributed by atoms with E-state index in [0.717, 1.165) is 6.07 Å². The van der Waals surface area contributed by atoms with Gasteiger partial charge in [-0.15, -0.1) is 0 Å². The van der Waals surface area contributed by atoms with E-state index in [2.05, 4.69) is 0 Å². The lowest BCUT2D eigenvalue weighted by Crippen LogP contribution is -2.46. The van der Waals surface area contributed by atoms with E-state index < -0.39 is 34.6 Å². The molecule has 1 N–H and O–H groups in total. The second kappa shape index (κ2) is 9.10.